The lowest BCUT2D eigenvalue weighted by Gasteiger charge is -2.48. The van der Waals surface area contributed by atoms with Crippen LogP contribution in [0.5, 0.6) is 0 Å². The molecule has 1 N–H and O–H groups in total. The molecular formula is C11H22N6. The number of rotatable bonds is 0. The number of likely N-dealkylation sites (N-methyl/N-ethyl adjacent to an activating group) is 5. The van der Waals surface area contributed by atoms with Gasteiger partial charge in [-0.2, -0.15) is 0 Å². The zero-order valence-electron chi connectivity index (χ0n) is 11.2. The van der Waals surface area contributed by atoms with E-state index in [0.29, 0.717) is 37.0 Å². The molecule has 17 heavy (non-hydrogen) atoms. The van der Waals surface area contributed by atoms with Crippen molar-refractivity contribution in [3.8, 4) is 0 Å². The fraction of sp³-hybridized carbons (Fsp3) is 1.00. The maximum Gasteiger partial charge on any atom is 0.0943 e. The Balaban J connectivity index is 1.91. The highest BCUT2D eigenvalue weighted by Gasteiger charge is 2.65. The molecule has 5 saturated heterocycles. The number of hydrogen-bond donors (Lipinski definition) is 1. The zero-order chi connectivity index (χ0) is 12.1. The van der Waals surface area contributed by atoms with Gasteiger partial charge in [0.15, 0.2) is 0 Å². The van der Waals surface area contributed by atoms with E-state index in [1.54, 1.807) is 0 Å². The SMILES string of the molecule is CN1C2NC3C4N(C)C(C1N(C)C2N4C)N3C. The van der Waals surface area contributed by atoms with Crippen LogP contribution in [0.2, 0.25) is 0 Å². The Morgan fingerprint density at radius 1 is 0.529 bits per heavy atom. The highest BCUT2D eigenvalue weighted by atomic mass is 15.7. The summed E-state index contributed by atoms with van der Waals surface area (Å²) in [5.74, 6) is 0. The van der Waals surface area contributed by atoms with Crippen molar-refractivity contribution in [3.05, 3.63) is 0 Å². The monoisotopic (exact) mass is 238 g/mol. The molecule has 5 fully saturated rings. The predicted octanol–water partition coefficient (Wildman–Crippen LogP) is -1.75. The van der Waals surface area contributed by atoms with Crippen LogP contribution in [-0.4, -0.2) is 96.7 Å². The highest BCUT2D eigenvalue weighted by molar-refractivity contribution is 5.13. The first-order valence-electron chi connectivity index (χ1n) is 6.40. The summed E-state index contributed by atoms with van der Waals surface area (Å²) in [6.45, 7) is 0. The summed E-state index contributed by atoms with van der Waals surface area (Å²) in [7, 11) is 11.3. The molecule has 6 atom stereocenters. The molecule has 0 radical (unpaired) electrons. The fourth-order valence-corrected chi connectivity index (χ4v) is 4.68. The van der Waals surface area contributed by atoms with E-state index in [9.17, 15) is 0 Å². The van der Waals surface area contributed by atoms with Gasteiger partial charge < -0.3 is 0 Å². The van der Waals surface area contributed by atoms with Crippen LogP contribution in [0.1, 0.15) is 0 Å². The van der Waals surface area contributed by atoms with Crippen LogP contribution in [-0.2, 0) is 0 Å². The molecule has 6 bridgehead atoms. The second-order valence-electron chi connectivity index (χ2n) is 6.04. The molecule has 5 aliphatic rings. The van der Waals surface area contributed by atoms with E-state index >= 15 is 0 Å². The molecule has 5 heterocycles. The third kappa shape index (κ3) is 0.960. The van der Waals surface area contributed by atoms with Crippen LogP contribution >= 0.6 is 0 Å². The molecule has 5 aliphatic heterocycles. The summed E-state index contributed by atoms with van der Waals surface area (Å²) in [6, 6.07) is 0. The Labute approximate surface area is 103 Å². The molecule has 96 valence electrons. The molecule has 6 nitrogen and oxygen atoms in total. The van der Waals surface area contributed by atoms with Gasteiger partial charge in [-0.15, -0.1) is 0 Å². The molecule has 0 amide bonds. The molecule has 6 heteroatoms. The molecule has 6 unspecified atom stereocenters. The van der Waals surface area contributed by atoms with Gasteiger partial charge in [-0.3, -0.25) is 29.8 Å². The Hall–Kier alpha value is -0.240. The largest absolute Gasteiger partial charge is 0.281 e. The van der Waals surface area contributed by atoms with E-state index in [-0.39, 0.29) is 0 Å². The van der Waals surface area contributed by atoms with Crippen molar-refractivity contribution < 1.29 is 0 Å². The van der Waals surface area contributed by atoms with Crippen LogP contribution in [0.15, 0.2) is 0 Å². The van der Waals surface area contributed by atoms with Gasteiger partial charge in [0.25, 0.3) is 0 Å². The molecular weight excluding hydrogens is 216 g/mol. The van der Waals surface area contributed by atoms with Gasteiger partial charge in [0.05, 0.1) is 37.0 Å². The normalized spacial score (nSPS) is 56.3. The number of nitrogens with zero attached hydrogens (tertiary/aromatic N) is 5. The molecule has 0 aliphatic carbocycles. The first-order valence-corrected chi connectivity index (χ1v) is 6.40. The Kier molecular flexibility index (Phi) is 1.89. The first-order chi connectivity index (χ1) is 8.04. The van der Waals surface area contributed by atoms with E-state index in [0.717, 1.165) is 0 Å². The van der Waals surface area contributed by atoms with E-state index in [1.807, 2.05) is 0 Å². The van der Waals surface area contributed by atoms with Crippen LogP contribution in [0.3, 0.4) is 0 Å². The van der Waals surface area contributed by atoms with Crippen molar-refractivity contribution in [1.29, 1.82) is 0 Å². The lowest BCUT2D eigenvalue weighted by molar-refractivity contribution is -0.0480. The number of piperazine rings is 1. The molecule has 0 spiro atoms. The van der Waals surface area contributed by atoms with Crippen LogP contribution in [0, 0.1) is 0 Å². The average Bonchev–Trinajstić information content (AvgIpc) is 2.61. The van der Waals surface area contributed by atoms with Gasteiger partial charge in [-0.1, -0.05) is 0 Å². The third-order valence-corrected chi connectivity index (χ3v) is 5.39. The summed E-state index contributed by atoms with van der Waals surface area (Å²) >= 11 is 0. The first kappa shape index (κ1) is 10.7. The second kappa shape index (κ2) is 3.01. The lowest BCUT2D eigenvalue weighted by Crippen LogP contribution is -2.71. The minimum Gasteiger partial charge on any atom is -0.281 e. The summed E-state index contributed by atoms with van der Waals surface area (Å²) in [5.41, 5.74) is 0. The van der Waals surface area contributed by atoms with Crippen molar-refractivity contribution in [2.45, 2.75) is 37.0 Å². The summed E-state index contributed by atoms with van der Waals surface area (Å²) in [4.78, 5) is 12.6. The minimum absolute atomic E-state index is 0.456. The van der Waals surface area contributed by atoms with Crippen LogP contribution < -0.4 is 5.32 Å². The van der Waals surface area contributed by atoms with Crippen LogP contribution in [0.25, 0.3) is 0 Å². The summed E-state index contributed by atoms with van der Waals surface area (Å²) in [5, 5.41) is 3.82. The highest BCUT2D eigenvalue weighted by Crippen LogP contribution is 2.43. The van der Waals surface area contributed by atoms with Gasteiger partial charge in [-0.25, -0.2) is 0 Å². The van der Waals surface area contributed by atoms with Crippen molar-refractivity contribution in [2.75, 3.05) is 35.2 Å². The molecule has 5 rings (SSSR count). The van der Waals surface area contributed by atoms with Gasteiger partial charge in [0.1, 0.15) is 0 Å². The average molecular weight is 238 g/mol. The van der Waals surface area contributed by atoms with E-state index in [2.05, 4.69) is 65.1 Å². The van der Waals surface area contributed by atoms with Gasteiger partial charge in [0.2, 0.25) is 0 Å². The number of nitrogens with one attached hydrogen (secondary N) is 1. The van der Waals surface area contributed by atoms with Crippen molar-refractivity contribution in [2.24, 2.45) is 0 Å². The molecule has 0 aromatic carbocycles. The van der Waals surface area contributed by atoms with Crippen LogP contribution in [0.4, 0.5) is 0 Å². The van der Waals surface area contributed by atoms with Crippen molar-refractivity contribution >= 4 is 0 Å². The smallest absolute Gasteiger partial charge is 0.0943 e. The molecule has 0 saturated carbocycles. The topological polar surface area (TPSA) is 28.2 Å². The third-order valence-electron chi connectivity index (χ3n) is 5.39. The van der Waals surface area contributed by atoms with E-state index in [1.165, 1.54) is 0 Å². The second-order valence-corrected chi connectivity index (χ2v) is 6.04. The van der Waals surface area contributed by atoms with Crippen molar-refractivity contribution in [1.82, 2.24) is 29.8 Å². The lowest BCUT2D eigenvalue weighted by atomic mass is 10.1. The van der Waals surface area contributed by atoms with E-state index in [4.69, 9.17) is 0 Å². The number of hydrogen-bond acceptors (Lipinski definition) is 6. The van der Waals surface area contributed by atoms with Gasteiger partial charge in [0, 0.05) is 0 Å². The van der Waals surface area contributed by atoms with Gasteiger partial charge in [-0.05, 0) is 35.2 Å². The maximum absolute atomic E-state index is 3.82. The predicted molar refractivity (Wildman–Crippen MR) is 64.7 cm³/mol. The maximum atomic E-state index is 3.82. The zero-order valence-corrected chi connectivity index (χ0v) is 11.2. The summed E-state index contributed by atoms with van der Waals surface area (Å²) < 4.78 is 0. The fourth-order valence-electron chi connectivity index (χ4n) is 4.68. The Bertz CT molecular complexity index is 330. The quantitative estimate of drug-likeness (QED) is 0.538. The van der Waals surface area contributed by atoms with Crippen molar-refractivity contribution in [3.63, 3.8) is 0 Å². The van der Waals surface area contributed by atoms with Gasteiger partial charge >= 0.3 is 0 Å². The minimum atomic E-state index is 0.456. The standard InChI is InChI=1S/C11H22N6/c1-13-6-8-15(3)9-7(12-6)14(2)11(17(9)5)10(13)16(8)4/h6-12H,1-5H3. The molecule has 0 aromatic rings. The molecule has 0 aromatic heterocycles. The Morgan fingerprint density at radius 3 is 1.29 bits per heavy atom. The summed E-state index contributed by atoms with van der Waals surface area (Å²) in [6.07, 6.45) is 2.86. The Morgan fingerprint density at radius 2 is 0.882 bits per heavy atom. The van der Waals surface area contributed by atoms with E-state index < -0.39 is 0 Å².